The Bertz CT molecular complexity index is 671. The van der Waals surface area contributed by atoms with Crippen LogP contribution >= 0.6 is 11.8 Å². The number of morpholine rings is 1. The van der Waals surface area contributed by atoms with Crippen LogP contribution in [0.15, 0.2) is 24.3 Å². The number of rotatable bonds is 9. The fraction of sp³-hybridized carbons (Fsp3) is 0.526. The SMILES string of the molecule is Cc1ccccc1CSC[C@H](NC(=O)CN1CCOCC1)C(=O)NCC#N. The van der Waals surface area contributed by atoms with E-state index in [-0.39, 0.29) is 24.9 Å². The van der Waals surface area contributed by atoms with Gasteiger partial charge in [0.25, 0.3) is 0 Å². The maximum absolute atomic E-state index is 12.3. The lowest BCUT2D eigenvalue weighted by molar-refractivity contribution is -0.129. The molecule has 1 fully saturated rings. The minimum Gasteiger partial charge on any atom is -0.379 e. The molecule has 27 heavy (non-hydrogen) atoms. The molecule has 0 aromatic heterocycles. The van der Waals surface area contributed by atoms with Gasteiger partial charge in [0.15, 0.2) is 0 Å². The molecule has 0 saturated carbocycles. The van der Waals surface area contributed by atoms with Crippen molar-refractivity contribution in [1.82, 2.24) is 15.5 Å². The highest BCUT2D eigenvalue weighted by atomic mass is 32.2. The zero-order valence-electron chi connectivity index (χ0n) is 15.6. The summed E-state index contributed by atoms with van der Waals surface area (Å²) in [6.45, 7) is 4.88. The highest BCUT2D eigenvalue weighted by Crippen LogP contribution is 2.16. The number of hydrogen-bond donors (Lipinski definition) is 2. The lowest BCUT2D eigenvalue weighted by Gasteiger charge is -2.26. The van der Waals surface area contributed by atoms with Gasteiger partial charge in [0.2, 0.25) is 11.8 Å². The Hall–Kier alpha value is -2.08. The van der Waals surface area contributed by atoms with Crippen molar-refractivity contribution in [1.29, 1.82) is 5.26 Å². The van der Waals surface area contributed by atoms with Crippen molar-refractivity contribution >= 4 is 23.6 Å². The van der Waals surface area contributed by atoms with E-state index < -0.39 is 6.04 Å². The number of amides is 2. The second-order valence-electron chi connectivity index (χ2n) is 6.33. The molecule has 0 bridgehead atoms. The standard InChI is InChI=1S/C19H26N4O3S/c1-15-4-2-3-5-16(15)13-27-14-17(19(25)21-7-6-20)22-18(24)12-23-8-10-26-11-9-23/h2-5,17H,7-14H2,1H3,(H,21,25)(H,22,24)/t17-/m0/s1. The fourth-order valence-electron chi connectivity index (χ4n) is 2.69. The van der Waals surface area contributed by atoms with Gasteiger partial charge in [0, 0.05) is 24.6 Å². The first kappa shape index (κ1) is 21.2. The van der Waals surface area contributed by atoms with Gasteiger partial charge in [-0.25, -0.2) is 0 Å². The first-order chi connectivity index (χ1) is 13.1. The van der Waals surface area contributed by atoms with E-state index in [1.807, 2.05) is 23.1 Å². The Labute approximate surface area is 164 Å². The van der Waals surface area contributed by atoms with Crippen molar-refractivity contribution in [2.75, 3.05) is 45.1 Å². The topological polar surface area (TPSA) is 94.5 Å². The minimum atomic E-state index is -0.666. The summed E-state index contributed by atoms with van der Waals surface area (Å²) in [5, 5.41) is 14.0. The maximum atomic E-state index is 12.3. The monoisotopic (exact) mass is 390 g/mol. The van der Waals surface area contributed by atoms with Gasteiger partial charge in [-0.1, -0.05) is 24.3 Å². The third-order valence-electron chi connectivity index (χ3n) is 4.27. The van der Waals surface area contributed by atoms with Crippen LogP contribution in [-0.2, 0) is 20.1 Å². The number of carbonyl (C=O) groups is 2. The van der Waals surface area contributed by atoms with E-state index in [1.54, 1.807) is 11.8 Å². The molecule has 1 atom stereocenters. The summed E-state index contributed by atoms with van der Waals surface area (Å²) < 4.78 is 5.28. The molecule has 7 nitrogen and oxygen atoms in total. The Balaban J connectivity index is 1.87. The van der Waals surface area contributed by atoms with Crippen LogP contribution in [0.25, 0.3) is 0 Å². The molecule has 1 aliphatic heterocycles. The van der Waals surface area contributed by atoms with Gasteiger partial charge in [-0.2, -0.15) is 17.0 Å². The van der Waals surface area contributed by atoms with Gasteiger partial charge in [-0.05, 0) is 18.1 Å². The van der Waals surface area contributed by atoms with Crippen molar-refractivity contribution in [2.24, 2.45) is 0 Å². The molecule has 1 aromatic rings. The van der Waals surface area contributed by atoms with E-state index in [9.17, 15) is 9.59 Å². The zero-order valence-corrected chi connectivity index (χ0v) is 16.4. The van der Waals surface area contributed by atoms with Crippen LogP contribution in [-0.4, -0.2) is 67.9 Å². The predicted molar refractivity (Wildman–Crippen MR) is 105 cm³/mol. The van der Waals surface area contributed by atoms with Crippen LogP contribution in [0.5, 0.6) is 0 Å². The van der Waals surface area contributed by atoms with Crippen LogP contribution in [0.2, 0.25) is 0 Å². The van der Waals surface area contributed by atoms with E-state index in [4.69, 9.17) is 10.00 Å². The number of nitriles is 1. The van der Waals surface area contributed by atoms with Gasteiger partial charge in [0.05, 0.1) is 25.8 Å². The van der Waals surface area contributed by atoms with Gasteiger partial charge < -0.3 is 15.4 Å². The third-order valence-corrected chi connectivity index (χ3v) is 5.35. The number of ether oxygens (including phenoxy) is 1. The highest BCUT2D eigenvalue weighted by Gasteiger charge is 2.22. The largest absolute Gasteiger partial charge is 0.379 e. The van der Waals surface area contributed by atoms with Crippen LogP contribution in [0.4, 0.5) is 0 Å². The quantitative estimate of drug-likeness (QED) is 0.603. The normalized spacial score (nSPS) is 15.6. The summed E-state index contributed by atoms with van der Waals surface area (Å²) in [6.07, 6.45) is 0. The Morgan fingerprint density at radius 2 is 2.07 bits per heavy atom. The molecule has 1 aromatic carbocycles. The van der Waals surface area contributed by atoms with Crippen molar-refractivity contribution in [3.8, 4) is 6.07 Å². The second-order valence-corrected chi connectivity index (χ2v) is 7.36. The van der Waals surface area contributed by atoms with Crippen LogP contribution < -0.4 is 10.6 Å². The lowest BCUT2D eigenvalue weighted by Crippen LogP contribution is -2.52. The average Bonchev–Trinajstić information content (AvgIpc) is 2.67. The molecular weight excluding hydrogens is 364 g/mol. The number of nitrogens with zero attached hydrogens (tertiary/aromatic N) is 2. The molecule has 0 aliphatic carbocycles. The Kier molecular flexibility index (Phi) is 9.11. The highest BCUT2D eigenvalue weighted by molar-refractivity contribution is 7.98. The lowest BCUT2D eigenvalue weighted by atomic mass is 10.1. The summed E-state index contributed by atoms with van der Waals surface area (Å²) in [4.78, 5) is 26.7. The second kappa shape index (κ2) is 11.6. The molecule has 1 aliphatic rings. The maximum Gasteiger partial charge on any atom is 0.244 e. The van der Waals surface area contributed by atoms with E-state index in [0.717, 1.165) is 5.75 Å². The number of benzene rings is 1. The summed E-state index contributed by atoms with van der Waals surface area (Å²) in [7, 11) is 0. The predicted octanol–water partition coefficient (Wildman–Crippen LogP) is 0.685. The molecule has 2 amide bonds. The van der Waals surface area contributed by atoms with Crippen LogP contribution in [0, 0.1) is 18.3 Å². The van der Waals surface area contributed by atoms with Crippen LogP contribution in [0.3, 0.4) is 0 Å². The number of nitrogens with one attached hydrogen (secondary N) is 2. The fourth-order valence-corrected chi connectivity index (χ4v) is 3.83. The van der Waals surface area contributed by atoms with Crippen molar-refractivity contribution in [3.05, 3.63) is 35.4 Å². The molecule has 0 radical (unpaired) electrons. The average molecular weight is 391 g/mol. The van der Waals surface area contributed by atoms with E-state index in [2.05, 4.69) is 29.7 Å². The molecular formula is C19H26N4O3S. The zero-order chi connectivity index (χ0) is 19.5. The Morgan fingerprint density at radius 3 is 2.78 bits per heavy atom. The molecule has 2 rings (SSSR count). The van der Waals surface area contributed by atoms with Gasteiger partial charge >= 0.3 is 0 Å². The van der Waals surface area contributed by atoms with E-state index in [1.165, 1.54) is 11.1 Å². The number of aryl methyl sites for hydroxylation is 1. The number of thioether (sulfide) groups is 1. The number of carbonyl (C=O) groups excluding carboxylic acids is 2. The summed E-state index contributed by atoms with van der Waals surface area (Å²) in [5.74, 6) is 0.684. The minimum absolute atomic E-state index is 0.0723. The number of hydrogen-bond acceptors (Lipinski definition) is 6. The smallest absolute Gasteiger partial charge is 0.244 e. The van der Waals surface area contributed by atoms with Gasteiger partial charge in [0.1, 0.15) is 12.6 Å². The molecule has 1 heterocycles. The van der Waals surface area contributed by atoms with Gasteiger partial charge in [-0.3, -0.25) is 14.5 Å². The van der Waals surface area contributed by atoms with Crippen molar-refractivity contribution in [2.45, 2.75) is 18.7 Å². The van der Waals surface area contributed by atoms with Crippen LogP contribution in [0.1, 0.15) is 11.1 Å². The molecule has 0 unspecified atom stereocenters. The summed E-state index contributed by atoms with van der Waals surface area (Å²) >= 11 is 1.59. The Morgan fingerprint density at radius 1 is 1.33 bits per heavy atom. The molecule has 0 spiro atoms. The summed E-state index contributed by atoms with van der Waals surface area (Å²) in [6, 6.07) is 9.32. The van der Waals surface area contributed by atoms with E-state index in [0.29, 0.717) is 32.1 Å². The molecule has 146 valence electrons. The first-order valence-corrected chi connectivity index (χ1v) is 10.1. The first-order valence-electron chi connectivity index (χ1n) is 8.96. The van der Waals surface area contributed by atoms with Gasteiger partial charge in [-0.15, -0.1) is 0 Å². The van der Waals surface area contributed by atoms with Crippen molar-refractivity contribution < 1.29 is 14.3 Å². The summed E-state index contributed by atoms with van der Waals surface area (Å²) in [5.41, 5.74) is 2.41. The molecule has 8 heteroatoms. The molecule has 2 N–H and O–H groups in total. The van der Waals surface area contributed by atoms with E-state index >= 15 is 0 Å². The molecule has 1 saturated heterocycles. The van der Waals surface area contributed by atoms with Crippen molar-refractivity contribution in [3.63, 3.8) is 0 Å². The third kappa shape index (κ3) is 7.59.